The zero-order valence-electron chi connectivity index (χ0n) is 20.3. The predicted octanol–water partition coefficient (Wildman–Crippen LogP) is 3.03. The lowest BCUT2D eigenvalue weighted by molar-refractivity contribution is -0.138. The van der Waals surface area contributed by atoms with E-state index in [-0.39, 0.29) is 13.2 Å². The molecule has 0 aromatic heterocycles. The van der Waals surface area contributed by atoms with Gasteiger partial charge in [0, 0.05) is 12.2 Å². The molecular formula is C25H33N3O6. The van der Waals surface area contributed by atoms with E-state index in [2.05, 4.69) is 10.6 Å². The largest absolute Gasteiger partial charge is 0.497 e. The van der Waals surface area contributed by atoms with Crippen LogP contribution in [0.25, 0.3) is 0 Å². The van der Waals surface area contributed by atoms with Crippen LogP contribution in [0.15, 0.2) is 48.5 Å². The summed E-state index contributed by atoms with van der Waals surface area (Å²) in [5, 5.41) is 14.9. The summed E-state index contributed by atoms with van der Waals surface area (Å²) in [5.74, 6) is -0.371. The molecule has 1 unspecified atom stereocenters. The maximum atomic E-state index is 13.4. The molecule has 3 amide bonds. The number of amides is 3. The minimum Gasteiger partial charge on any atom is -0.497 e. The SMILES string of the molecule is COc1ccc(NC(=O)C(c2cccc(C)c2)N(CCO)C(=O)CNC(=O)OC(C)(C)C)cc1. The van der Waals surface area contributed by atoms with Crippen LogP contribution in [0.4, 0.5) is 10.5 Å². The van der Waals surface area contributed by atoms with Gasteiger partial charge in [-0.25, -0.2) is 4.79 Å². The lowest BCUT2D eigenvalue weighted by atomic mass is 10.0. The van der Waals surface area contributed by atoms with Crippen molar-refractivity contribution in [2.75, 3.05) is 32.1 Å². The van der Waals surface area contributed by atoms with Gasteiger partial charge in [0.2, 0.25) is 5.91 Å². The number of aliphatic hydroxyl groups is 1. The molecule has 0 aliphatic rings. The van der Waals surface area contributed by atoms with Crippen molar-refractivity contribution in [3.8, 4) is 5.75 Å². The fourth-order valence-electron chi connectivity index (χ4n) is 3.27. The molecule has 0 radical (unpaired) electrons. The highest BCUT2D eigenvalue weighted by molar-refractivity contribution is 5.98. The summed E-state index contributed by atoms with van der Waals surface area (Å²) in [6.07, 6.45) is -0.750. The second kappa shape index (κ2) is 12.0. The maximum absolute atomic E-state index is 13.4. The minimum absolute atomic E-state index is 0.108. The number of nitrogens with zero attached hydrogens (tertiary/aromatic N) is 1. The van der Waals surface area contributed by atoms with Crippen LogP contribution in [0.2, 0.25) is 0 Å². The van der Waals surface area contributed by atoms with E-state index in [1.807, 2.05) is 13.0 Å². The van der Waals surface area contributed by atoms with Crippen LogP contribution < -0.4 is 15.4 Å². The molecule has 2 aromatic carbocycles. The first-order valence-corrected chi connectivity index (χ1v) is 10.9. The highest BCUT2D eigenvalue weighted by atomic mass is 16.6. The van der Waals surface area contributed by atoms with E-state index in [0.717, 1.165) is 5.56 Å². The van der Waals surface area contributed by atoms with E-state index in [1.165, 1.54) is 4.90 Å². The van der Waals surface area contributed by atoms with Gasteiger partial charge in [0.05, 0.1) is 13.7 Å². The van der Waals surface area contributed by atoms with Gasteiger partial charge in [0.15, 0.2) is 0 Å². The topological polar surface area (TPSA) is 117 Å². The van der Waals surface area contributed by atoms with Gasteiger partial charge in [0.1, 0.15) is 23.9 Å². The number of ether oxygens (including phenoxy) is 2. The van der Waals surface area contributed by atoms with Crippen molar-refractivity contribution in [1.82, 2.24) is 10.2 Å². The van der Waals surface area contributed by atoms with Crippen LogP contribution in [0.1, 0.15) is 37.9 Å². The Bertz CT molecular complexity index is 985. The lowest BCUT2D eigenvalue weighted by Crippen LogP contribution is -2.47. The van der Waals surface area contributed by atoms with E-state index < -0.39 is 36.1 Å². The van der Waals surface area contributed by atoms with Gasteiger partial charge < -0.3 is 30.1 Å². The Morgan fingerprint density at radius 3 is 2.32 bits per heavy atom. The molecule has 2 rings (SSSR count). The van der Waals surface area contributed by atoms with E-state index in [4.69, 9.17) is 9.47 Å². The highest BCUT2D eigenvalue weighted by Gasteiger charge is 2.31. The Morgan fingerprint density at radius 2 is 1.76 bits per heavy atom. The molecule has 0 fully saturated rings. The first-order chi connectivity index (χ1) is 16.0. The normalized spacial score (nSPS) is 11.8. The van der Waals surface area contributed by atoms with E-state index in [0.29, 0.717) is 17.0 Å². The summed E-state index contributed by atoms with van der Waals surface area (Å²) < 4.78 is 10.3. The second-order valence-electron chi connectivity index (χ2n) is 8.70. The molecule has 9 heteroatoms. The smallest absolute Gasteiger partial charge is 0.408 e. The monoisotopic (exact) mass is 471 g/mol. The van der Waals surface area contributed by atoms with Crippen molar-refractivity contribution in [1.29, 1.82) is 0 Å². The van der Waals surface area contributed by atoms with Gasteiger partial charge >= 0.3 is 6.09 Å². The molecule has 0 aliphatic heterocycles. The number of anilines is 1. The summed E-state index contributed by atoms with van der Waals surface area (Å²) in [5.41, 5.74) is 1.28. The molecule has 1 atom stereocenters. The van der Waals surface area contributed by atoms with E-state index in [9.17, 15) is 19.5 Å². The number of alkyl carbamates (subject to hydrolysis) is 1. The van der Waals surface area contributed by atoms with Crippen molar-refractivity contribution in [2.24, 2.45) is 0 Å². The molecule has 0 saturated carbocycles. The zero-order chi connectivity index (χ0) is 25.3. The Balaban J connectivity index is 2.30. The molecule has 0 bridgehead atoms. The number of aliphatic hydroxyl groups excluding tert-OH is 1. The summed E-state index contributed by atoms with van der Waals surface area (Å²) in [6, 6.07) is 13.0. The van der Waals surface area contributed by atoms with Gasteiger partial charge in [0.25, 0.3) is 5.91 Å². The summed E-state index contributed by atoms with van der Waals surface area (Å²) >= 11 is 0. The van der Waals surface area contributed by atoms with Crippen LogP contribution in [0.3, 0.4) is 0 Å². The molecule has 0 spiro atoms. The van der Waals surface area contributed by atoms with E-state index in [1.54, 1.807) is 70.3 Å². The van der Waals surface area contributed by atoms with E-state index >= 15 is 0 Å². The number of carbonyl (C=O) groups excluding carboxylic acids is 3. The fourth-order valence-corrected chi connectivity index (χ4v) is 3.27. The molecule has 184 valence electrons. The van der Waals surface area contributed by atoms with Crippen molar-refractivity contribution in [3.05, 3.63) is 59.7 Å². The maximum Gasteiger partial charge on any atom is 0.408 e. The summed E-state index contributed by atoms with van der Waals surface area (Å²) in [4.78, 5) is 39.7. The third kappa shape index (κ3) is 8.08. The van der Waals surface area contributed by atoms with Crippen LogP contribution in [-0.2, 0) is 14.3 Å². The predicted molar refractivity (Wildman–Crippen MR) is 129 cm³/mol. The fraction of sp³-hybridized carbons (Fsp3) is 0.400. The van der Waals surface area contributed by atoms with Gasteiger partial charge in [-0.2, -0.15) is 0 Å². The Labute approximate surface area is 200 Å². The number of aryl methyl sites for hydroxylation is 1. The summed E-state index contributed by atoms with van der Waals surface area (Å²) in [7, 11) is 1.55. The van der Waals surface area contributed by atoms with Gasteiger partial charge in [-0.3, -0.25) is 9.59 Å². The Morgan fingerprint density at radius 1 is 1.09 bits per heavy atom. The lowest BCUT2D eigenvalue weighted by Gasteiger charge is -2.31. The molecule has 2 aromatic rings. The molecular weight excluding hydrogens is 438 g/mol. The van der Waals surface area contributed by atoms with Crippen LogP contribution in [-0.4, -0.2) is 60.3 Å². The van der Waals surface area contributed by atoms with Crippen LogP contribution in [0.5, 0.6) is 5.75 Å². The van der Waals surface area contributed by atoms with Gasteiger partial charge in [-0.05, 0) is 57.5 Å². The molecule has 34 heavy (non-hydrogen) atoms. The first kappa shape index (κ1) is 26.7. The summed E-state index contributed by atoms with van der Waals surface area (Å²) in [6.45, 7) is 6.15. The molecule has 0 aliphatic carbocycles. The number of benzene rings is 2. The van der Waals surface area contributed by atoms with Crippen molar-refractivity contribution in [2.45, 2.75) is 39.3 Å². The van der Waals surface area contributed by atoms with Crippen molar-refractivity contribution in [3.63, 3.8) is 0 Å². The standard InChI is InChI=1S/C25H33N3O6/c1-17-7-6-8-18(15-17)22(23(31)27-19-9-11-20(33-5)12-10-19)28(13-14-29)21(30)16-26-24(32)34-25(2,3)4/h6-12,15,22,29H,13-14,16H2,1-5H3,(H,26,32)(H,27,31). The number of hydrogen-bond donors (Lipinski definition) is 3. The zero-order valence-corrected chi connectivity index (χ0v) is 20.3. The van der Waals surface area contributed by atoms with Crippen molar-refractivity contribution < 1.29 is 29.0 Å². The average Bonchev–Trinajstić information content (AvgIpc) is 2.76. The number of hydrogen-bond acceptors (Lipinski definition) is 6. The number of nitrogens with one attached hydrogen (secondary N) is 2. The number of rotatable bonds is 9. The van der Waals surface area contributed by atoms with Crippen LogP contribution in [0, 0.1) is 6.92 Å². The molecule has 9 nitrogen and oxygen atoms in total. The highest BCUT2D eigenvalue weighted by Crippen LogP contribution is 2.25. The Kier molecular flexibility index (Phi) is 9.44. The Hall–Kier alpha value is -3.59. The van der Waals surface area contributed by atoms with Gasteiger partial charge in [-0.1, -0.05) is 29.8 Å². The average molecular weight is 472 g/mol. The molecule has 0 heterocycles. The third-order valence-corrected chi connectivity index (χ3v) is 4.72. The number of methoxy groups -OCH3 is 1. The second-order valence-corrected chi connectivity index (χ2v) is 8.70. The first-order valence-electron chi connectivity index (χ1n) is 10.9. The van der Waals surface area contributed by atoms with Crippen LogP contribution >= 0.6 is 0 Å². The quantitative estimate of drug-likeness (QED) is 0.518. The third-order valence-electron chi connectivity index (χ3n) is 4.72. The van der Waals surface area contributed by atoms with Gasteiger partial charge in [-0.15, -0.1) is 0 Å². The minimum atomic E-state index is -1.04. The number of carbonyl (C=O) groups is 3. The molecule has 3 N–H and O–H groups in total. The van der Waals surface area contributed by atoms with Crippen molar-refractivity contribution >= 4 is 23.6 Å². The molecule has 0 saturated heterocycles.